The van der Waals surface area contributed by atoms with Gasteiger partial charge in [0.2, 0.25) is 0 Å². The first kappa shape index (κ1) is 17.1. The fraction of sp³-hybridized carbons (Fsp3) is 0.235. The van der Waals surface area contributed by atoms with Crippen molar-refractivity contribution < 1.29 is 14.3 Å². The van der Waals surface area contributed by atoms with Gasteiger partial charge in [0.25, 0.3) is 5.56 Å². The van der Waals surface area contributed by atoms with E-state index >= 15 is 0 Å². The summed E-state index contributed by atoms with van der Waals surface area (Å²) in [5, 5.41) is 0. The zero-order valence-electron chi connectivity index (χ0n) is 13.1. The Morgan fingerprint density at radius 2 is 1.78 bits per heavy atom. The lowest BCUT2D eigenvalue weighted by Gasteiger charge is -2.15. The first-order valence-corrected chi connectivity index (χ1v) is 7.86. The van der Waals surface area contributed by atoms with Gasteiger partial charge in [-0.05, 0) is 51.1 Å². The number of esters is 1. The second-order valence-electron chi connectivity index (χ2n) is 4.95. The van der Waals surface area contributed by atoms with Crippen molar-refractivity contribution in [2.24, 2.45) is 0 Å². The van der Waals surface area contributed by atoms with Crippen molar-refractivity contribution >= 4 is 27.7 Å². The molecule has 2 aromatic rings. The van der Waals surface area contributed by atoms with E-state index in [4.69, 9.17) is 4.74 Å². The van der Waals surface area contributed by atoms with Crippen LogP contribution in [0.2, 0.25) is 0 Å². The smallest absolute Gasteiger partial charge is 0.343 e. The van der Waals surface area contributed by atoms with Crippen LogP contribution in [0.25, 0.3) is 5.69 Å². The number of rotatable bonds is 4. The summed E-state index contributed by atoms with van der Waals surface area (Å²) >= 11 is 3.34. The lowest BCUT2D eigenvalue weighted by Crippen LogP contribution is -2.29. The number of carbonyl (C=O) groups is 2. The predicted molar refractivity (Wildman–Crippen MR) is 90.4 cm³/mol. The van der Waals surface area contributed by atoms with Gasteiger partial charge < -0.3 is 4.74 Å². The summed E-state index contributed by atoms with van der Waals surface area (Å²) < 4.78 is 7.14. The zero-order chi connectivity index (χ0) is 17.1. The minimum Gasteiger partial charge on any atom is -0.462 e. The van der Waals surface area contributed by atoms with Crippen LogP contribution < -0.4 is 5.56 Å². The highest BCUT2D eigenvalue weighted by atomic mass is 79.9. The van der Waals surface area contributed by atoms with E-state index < -0.39 is 11.5 Å². The van der Waals surface area contributed by atoms with Gasteiger partial charge in [0, 0.05) is 21.4 Å². The molecule has 0 atom stereocenters. The minimum atomic E-state index is -0.731. The second-order valence-corrected chi connectivity index (χ2v) is 5.87. The molecule has 0 spiro atoms. The third-order valence-corrected chi connectivity index (χ3v) is 3.94. The molecule has 0 bridgehead atoms. The number of aromatic nitrogens is 1. The molecule has 0 N–H and O–H groups in total. The van der Waals surface area contributed by atoms with Crippen LogP contribution in [0.1, 0.15) is 40.3 Å². The number of ether oxygens (including phenoxy) is 1. The van der Waals surface area contributed by atoms with E-state index in [2.05, 4.69) is 15.9 Å². The Morgan fingerprint density at radius 3 is 2.30 bits per heavy atom. The first-order chi connectivity index (χ1) is 10.9. The van der Waals surface area contributed by atoms with Crippen molar-refractivity contribution in [3.63, 3.8) is 0 Å². The second kappa shape index (κ2) is 6.91. The van der Waals surface area contributed by atoms with Crippen molar-refractivity contribution in [2.45, 2.75) is 20.8 Å². The molecule has 120 valence electrons. The van der Waals surface area contributed by atoms with Crippen molar-refractivity contribution in [3.8, 4) is 5.69 Å². The van der Waals surface area contributed by atoms with Crippen LogP contribution in [0.5, 0.6) is 0 Å². The maximum absolute atomic E-state index is 12.7. The summed E-state index contributed by atoms with van der Waals surface area (Å²) in [7, 11) is 0. The monoisotopic (exact) mass is 377 g/mol. The normalized spacial score (nSPS) is 10.4. The fourth-order valence-corrected chi connectivity index (χ4v) is 2.58. The average Bonchev–Trinajstić information content (AvgIpc) is 2.49. The molecule has 1 aromatic carbocycles. The van der Waals surface area contributed by atoms with Crippen molar-refractivity contribution in [1.29, 1.82) is 0 Å². The number of halogens is 1. The van der Waals surface area contributed by atoms with Gasteiger partial charge in [-0.15, -0.1) is 0 Å². The molecule has 5 nitrogen and oxygen atoms in total. The van der Waals surface area contributed by atoms with Crippen molar-refractivity contribution in [1.82, 2.24) is 4.57 Å². The SMILES string of the molecule is CCOC(=O)c1cc(C(C)=O)c(C)n(-c2ccc(Br)cc2)c1=O. The highest BCUT2D eigenvalue weighted by Crippen LogP contribution is 2.17. The number of hydrogen-bond donors (Lipinski definition) is 0. The molecule has 2 rings (SSSR count). The number of benzene rings is 1. The molecule has 0 saturated heterocycles. The molecule has 0 fully saturated rings. The minimum absolute atomic E-state index is 0.148. The number of ketones is 1. The van der Waals surface area contributed by atoms with Gasteiger partial charge >= 0.3 is 5.97 Å². The van der Waals surface area contributed by atoms with E-state index in [0.717, 1.165) is 4.47 Å². The van der Waals surface area contributed by atoms with Crippen LogP contribution in [0.4, 0.5) is 0 Å². The molecule has 1 aromatic heterocycles. The van der Waals surface area contributed by atoms with E-state index in [9.17, 15) is 14.4 Å². The summed E-state index contributed by atoms with van der Waals surface area (Å²) in [6, 6.07) is 8.35. The lowest BCUT2D eigenvalue weighted by molar-refractivity contribution is 0.0524. The van der Waals surface area contributed by atoms with Crippen LogP contribution >= 0.6 is 15.9 Å². The summed E-state index contributed by atoms with van der Waals surface area (Å²) in [5.41, 5.74) is 0.719. The molecule has 0 aliphatic rings. The quantitative estimate of drug-likeness (QED) is 0.605. The maximum Gasteiger partial charge on any atom is 0.343 e. The molecule has 6 heteroatoms. The van der Waals surface area contributed by atoms with E-state index in [1.54, 1.807) is 38.1 Å². The van der Waals surface area contributed by atoms with Crippen molar-refractivity contribution in [3.05, 3.63) is 62.0 Å². The Labute approximate surface area is 142 Å². The van der Waals surface area contributed by atoms with Crippen LogP contribution in [-0.2, 0) is 4.74 Å². The zero-order valence-corrected chi connectivity index (χ0v) is 14.6. The van der Waals surface area contributed by atoms with Crippen molar-refractivity contribution in [2.75, 3.05) is 6.61 Å². The molecule has 1 heterocycles. The highest BCUT2D eigenvalue weighted by Gasteiger charge is 2.20. The topological polar surface area (TPSA) is 65.4 Å². The Balaban J connectivity index is 2.78. The summed E-state index contributed by atoms with van der Waals surface area (Å²) in [6.45, 7) is 4.88. The van der Waals surface area contributed by atoms with E-state index in [-0.39, 0.29) is 18.0 Å². The molecular formula is C17H16BrNO4. The van der Waals surface area contributed by atoms with E-state index in [0.29, 0.717) is 16.9 Å². The molecule has 0 saturated carbocycles. The van der Waals surface area contributed by atoms with E-state index in [1.807, 2.05) is 0 Å². The number of pyridine rings is 1. The standard InChI is InChI=1S/C17H16BrNO4/c1-4-23-17(22)15-9-14(11(3)20)10(2)19(16(15)21)13-7-5-12(18)6-8-13/h5-9H,4H2,1-3H3. The number of carbonyl (C=O) groups excluding carboxylic acids is 2. The largest absolute Gasteiger partial charge is 0.462 e. The molecule has 0 amide bonds. The number of hydrogen-bond acceptors (Lipinski definition) is 4. The molecule has 0 aliphatic carbocycles. The molecule has 23 heavy (non-hydrogen) atoms. The van der Waals surface area contributed by atoms with Gasteiger partial charge in [0.15, 0.2) is 5.78 Å². The van der Waals surface area contributed by atoms with E-state index in [1.165, 1.54) is 17.6 Å². The van der Waals surface area contributed by atoms with Gasteiger partial charge in [0.05, 0.1) is 6.61 Å². The number of nitrogens with zero attached hydrogens (tertiary/aromatic N) is 1. The van der Waals surface area contributed by atoms with Crippen LogP contribution in [0.3, 0.4) is 0 Å². The maximum atomic E-state index is 12.7. The summed E-state index contributed by atoms with van der Waals surface area (Å²) in [6.07, 6.45) is 0. The van der Waals surface area contributed by atoms with Crippen LogP contribution in [-0.4, -0.2) is 22.9 Å². The number of Topliss-reactive ketones (excluding diaryl/α,β-unsaturated/α-hetero) is 1. The Kier molecular flexibility index (Phi) is 5.15. The first-order valence-electron chi connectivity index (χ1n) is 7.07. The Morgan fingerprint density at radius 1 is 1.17 bits per heavy atom. The van der Waals surface area contributed by atoms with Gasteiger partial charge in [-0.2, -0.15) is 0 Å². The molecule has 0 radical (unpaired) electrons. The molecule has 0 unspecified atom stereocenters. The summed E-state index contributed by atoms with van der Waals surface area (Å²) in [5.74, 6) is -0.954. The molecule has 0 aliphatic heterocycles. The Bertz CT molecular complexity index is 822. The average molecular weight is 378 g/mol. The van der Waals surface area contributed by atoms with Gasteiger partial charge in [-0.3, -0.25) is 14.2 Å². The van der Waals surface area contributed by atoms with Gasteiger partial charge in [-0.1, -0.05) is 15.9 Å². The molecular weight excluding hydrogens is 362 g/mol. The summed E-state index contributed by atoms with van der Waals surface area (Å²) in [4.78, 5) is 36.6. The highest BCUT2D eigenvalue weighted by molar-refractivity contribution is 9.10. The third kappa shape index (κ3) is 3.42. The fourth-order valence-electron chi connectivity index (χ4n) is 2.32. The lowest BCUT2D eigenvalue weighted by atomic mass is 10.1. The predicted octanol–water partition coefficient (Wildman–Crippen LogP) is 3.29. The third-order valence-electron chi connectivity index (χ3n) is 3.41. The van der Waals surface area contributed by atoms with Gasteiger partial charge in [-0.25, -0.2) is 4.79 Å². The van der Waals surface area contributed by atoms with Gasteiger partial charge in [0.1, 0.15) is 5.56 Å². The van der Waals surface area contributed by atoms with Crippen LogP contribution in [0.15, 0.2) is 39.6 Å². The van der Waals surface area contributed by atoms with Crippen LogP contribution in [0, 0.1) is 6.92 Å². The Hall–Kier alpha value is -2.21.